The summed E-state index contributed by atoms with van der Waals surface area (Å²) in [6, 6.07) is 2.17. The van der Waals surface area contributed by atoms with Gasteiger partial charge >= 0.3 is 0 Å². The minimum absolute atomic E-state index is 0.0329. The third-order valence-electron chi connectivity index (χ3n) is 7.23. The molecule has 3 aromatic rings. The Labute approximate surface area is 227 Å². The van der Waals surface area contributed by atoms with Crippen molar-refractivity contribution in [3.05, 3.63) is 59.8 Å². The summed E-state index contributed by atoms with van der Waals surface area (Å²) in [6.45, 7) is 16.4. The Bertz CT molecular complexity index is 1370. The van der Waals surface area contributed by atoms with E-state index in [1.165, 1.54) is 0 Å². The van der Waals surface area contributed by atoms with Crippen LogP contribution < -0.4 is 10.2 Å². The number of pyridine rings is 1. The van der Waals surface area contributed by atoms with Crippen LogP contribution in [-0.4, -0.2) is 74.8 Å². The van der Waals surface area contributed by atoms with Gasteiger partial charge in [0, 0.05) is 37.8 Å². The van der Waals surface area contributed by atoms with Gasteiger partial charge in [0.05, 0.1) is 49.2 Å². The van der Waals surface area contributed by atoms with Crippen molar-refractivity contribution in [2.24, 2.45) is 0 Å². The molecule has 0 unspecified atom stereocenters. The number of rotatable bonds is 8. The van der Waals surface area contributed by atoms with Gasteiger partial charge in [-0.05, 0) is 45.4 Å². The molecule has 0 radical (unpaired) electrons. The molecule has 2 fully saturated rings. The van der Waals surface area contributed by atoms with Crippen molar-refractivity contribution in [1.29, 1.82) is 0 Å². The second-order valence-corrected chi connectivity index (χ2v) is 10.2. The SMILES string of the molecule is C=C(F)c1nc(C)n(C(C)C)c1/C=C(\C)c1cc(Nc2ncc(N3CCN(C4COC4)CC3)cn2)ncc1F. The fraction of sp³-hybridized carbons (Fsp3) is 0.429. The molecule has 206 valence electrons. The number of nitrogens with one attached hydrogen (secondary N) is 1. The van der Waals surface area contributed by atoms with Crippen LogP contribution in [0.5, 0.6) is 0 Å². The lowest BCUT2D eigenvalue weighted by molar-refractivity contribution is -0.0660. The molecular weight excluding hydrogens is 502 g/mol. The predicted octanol–water partition coefficient (Wildman–Crippen LogP) is 4.86. The van der Waals surface area contributed by atoms with E-state index < -0.39 is 11.6 Å². The molecule has 0 aromatic carbocycles. The standard InChI is InChI=1S/C28H34F2N8O/c1-17(2)38-20(5)34-27(19(4)29)25(38)10-18(3)23-11-26(31-14-24(23)30)35-28-32-12-21(13-33-28)36-6-8-37(9-7-36)22-15-39-16-22/h10-14,17,22H,4,6-9,15-16H2,1-3,5H3,(H,31,32,33,35)/b18-10+. The number of anilines is 3. The molecule has 2 aliphatic rings. The van der Waals surface area contributed by atoms with E-state index in [2.05, 4.69) is 41.6 Å². The molecule has 0 spiro atoms. The smallest absolute Gasteiger partial charge is 0.228 e. The first-order valence-electron chi connectivity index (χ1n) is 13.1. The average Bonchev–Trinajstić information content (AvgIpc) is 3.21. The van der Waals surface area contributed by atoms with E-state index in [-0.39, 0.29) is 11.7 Å². The fourth-order valence-corrected chi connectivity index (χ4v) is 5.09. The Hall–Kier alpha value is -3.70. The van der Waals surface area contributed by atoms with Crippen LogP contribution in [0.1, 0.15) is 49.6 Å². The molecule has 1 N–H and O–H groups in total. The third-order valence-corrected chi connectivity index (χ3v) is 7.23. The zero-order chi connectivity index (χ0) is 27.7. The van der Waals surface area contributed by atoms with E-state index in [0.717, 1.165) is 51.3 Å². The normalized spacial score (nSPS) is 17.0. The highest BCUT2D eigenvalue weighted by Gasteiger charge is 2.29. The maximum atomic E-state index is 14.9. The quantitative estimate of drug-likeness (QED) is 0.437. The molecule has 2 aliphatic heterocycles. The number of aromatic nitrogens is 5. The van der Waals surface area contributed by atoms with Gasteiger partial charge in [0.15, 0.2) is 0 Å². The number of imidazole rings is 1. The van der Waals surface area contributed by atoms with Crippen LogP contribution in [0.25, 0.3) is 17.5 Å². The molecule has 0 bridgehead atoms. The summed E-state index contributed by atoms with van der Waals surface area (Å²) in [6.07, 6.45) is 6.45. The minimum Gasteiger partial charge on any atom is -0.378 e. The zero-order valence-electron chi connectivity index (χ0n) is 22.8. The first kappa shape index (κ1) is 26.9. The highest BCUT2D eigenvalue weighted by atomic mass is 19.1. The molecule has 2 saturated heterocycles. The first-order valence-corrected chi connectivity index (χ1v) is 13.1. The van der Waals surface area contributed by atoms with Crippen LogP contribution >= 0.6 is 0 Å². The van der Waals surface area contributed by atoms with Crippen molar-refractivity contribution in [2.45, 2.75) is 39.8 Å². The van der Waals surface area contributed by atoms with Gasteiger partial charge in [-0.1, -0.05) is 6.58 Å². The summed E-state index contributed by atoms with van der Waals surface area (Å²) < 4.78 is 36.3. The lowest BCUT2D eigenvalue weighted by Crippen LogP contribution is -2.56. The molecule has 5 rings (SSSR count). The van der Waals surface area contributed by atoms with Crippen LogP contribution in [0.2, 0.25) is 0 Å². The summed E-state index contributed by atoms with van der Waals surface area (Å²) in [5, 5.41) is 3.06. The molecule has 0 atom stereocenters. The number of piperazine rings is 1. The van der Waals surface area contributed by atoms with Gasteiger partial charge in [0.1, 0.15) is 29.0 Å². The minimum atomic E-state index is -0.635. The number of hydrogen-bond acceptors (Lipinski definition) is 8. The zero-order valence-corrected chi connectivity index (χ0v) is 22.8. The van der Waals surface area contributed by atoms with Gasteiger partial charge in [-0.15, -0.1) is 0 Å². The summed E-state index contributed by atoms with van der Waals surface area (Å²) in [7, 11) is 0. The summed E-state index contributed by atoms with van der Waals surface area (Å²) in [5.41, 5.74) is 2.56. The van der Waals surface area contributed by atoms with Crippen LogP contribution in [0.3, 0.4) is 0 Å². The Morgan fingerprint density at radius 1 is 1.13 bits per heavy atom. The molecule has 9 nitrogen and oxygen atoms in total. The highest BCUT2D eigenvalue weighted by Crippen LogP contribution is 2.29. The van der Waals surface area contributed by atoms with Crippen LogP contribution in [0, 0.1) is 12.7 Å². The number of nitrogens with zero attached hydrogens (tertiary/aromatic N) is 7. The maximum Gasteiger partial charge on any atom is 0.228 e. The van der Waals surface area contributed by atoms with Crippen molar-refractivity contribution in [3.8, 4) is 0 Å². The van der Waals surface area contributed by atoms with Crippen molar-refractivity contribution >= 4 is 34.9 Å². The number of allylic oxidation sites excluding steroid dienone is 1. The van der Waals surface area contributed by atoms with Crippen molar-refractivity contribution in [2.75, 3.05) is 49.6 Å². The molecule has 3 aromatic heterocycles. The Kier molecular flexibility index (Phi) is 7.72. The van der Waals surface area contributed by atoms with Crippen LogP contribution in [0.4, 0.5) is 26.2 Å². The van der Waals surface area contributed by atoms with Gasteiger partial charge in [-0.3, -0.25) is 4.90 Å². The van der Waals surface area contributed by atoms with Crippen molar-refractivity contribution in [3.63, 3.8) is 0 Å². The van der Waals surface area contributed by atoms with Gasteiger partial charge in [-0.25, -0.2) is 28.7 Å². The maximum absolute atomic E-state index is 14.9. The van der Waals surface area contributed by atoms with E-state index >= 15 is 0 Å². The van der Waals surface area contributed by atoms with Crippen molar-refractivity contribution in [1.82, 2.24) is 29.4 Å². The monoisotopic (exact) mass is 536 g/mol. The molecule has 0 aliphatic carbocycles. The number of ether oxygens (including phenoxy) is 1. The molecule has 11 heteroatoms. The summed E-state index contributed by atoms with van der Waals surface area (Å²) in [4.78, 5) is 22.1. The molecule has 39 heavy (non-hydrogen) atoms. The molecular formula is C28H34F2N8O. The van der Waals surface area contributed by atoms with Crippen molar-refractivity contribution < 1.29 is 13.5 Å². The average molecular weight is 537 g/mol. The fourth-order valence-electron chi connectivity index (χ4n) is 5.09. The summed E-state index contributed by atoms with van der Waals surface area (Å²) >= 11 is 0. The van der Waals surface area contributed by atoms with Gasteiger partial charge in [0.2, 0.25) is 5.95 Å². The lowest BCUT2D eigenvalue weighted by atomic mass is 10.1. The number of aryl methyl sites for hydroxylation is 1. The Balaban J connectivity index is 1.31. The topological polar surface area (TPSA) is 84.2 Å². The van der Waals surface area contributed by atoms with E-state index in [1.54, 1.807) is 31.5 Å². The molecule has 5 heterocycles. The van der Waals surface area contributed by atoms with E-state index in [9.17, 15) is 8.78 Å². The summed E-state index contributed by atoms with van der Waals surface area (Å²) in [5.74, 6) is 0.286. The second-order valence-electron chi connectivity index (χ2n) is 10.2. The molecule has 0 amide bonds. The van der Waals surface area contributed by atoms with E-state index in [0.29, 0.717) is 40.5 Å². The largest absolute Gasteiger partial charge is 0.378 e. The van der Waals surface area contributed by atoms with Crippen LogP contribution in [-0.2, 0) is 4.74 Å². The Morgan fingerprint density at radius 3 is 2.41 bits per heavy atom. The van der Waals surface area contributed by atoms with Gasteiger partial charge < -0.3 is 19.5 Å². The predicted molar refractivity (Wildman–Crippen MR) is 149 cm³/mol. The van der Waals surface area contributed by atoms with Crippen LogP contribution in [0.15, 0.2) is 31.2 Å². The van der Waals surface area contributed by atoms with Gasteiger partial charge in [0.25, 0.3) is 0 Å². The highest BCUT2D eigenvalue weighted by molar-refractivity contribution is 5.83. The lowest BCUT2D eigenvalue weighted by Gasteiger charge is -2.43. The van der Waals surface area contributed by atoms with E-state index in [4.69, 9.17) is 4.74 Å². The number of halogens is 2. The third kappa shape index (κ3) is 5.69. The number of hydrogen-bond donors (Lipinski definition) is 1. The second kappa shape index (κ2) is 11.2. The first-order chi connectivity index (χ1) is 18.7. The molecule has 0 saturated carbocycles. The van der Waals surface area contributed by atoms with Gasteiger partial charge in [-0.2, -0.15) is 0 Å². The van der Waals surface area contributed by atoms with E-state index in [1.807, 2.05) is 25.3 Å². The Morgan fingerprint density at radius 2 is 1.82 bits per heavy atom.